The van der Waals surface area contributed by atoms with E-state index < -0.39 is 0 Å². The summed E-state index contributed by atoms with van der Waals surface area (Å²) >= 11 is 0. The summed E-state index contributed by atoms with van der Waals surface area (Å²) in [6.07, 6.45) is 8.45. The molecule has 4 aliphatic rings. The Bertz CT molecular complexity index is 669. The summed E-state index contributed by atoms with van der Waals surface area (Å²) in [5, 5.41) is 4.41. The normalized spacial score (nSPS) is 46.6. The van der Waals surface area contributed by atoms with E-state index in [1.165, 1.54) is 24.1 Å². The molecule has 0 aliphatic heterocycles. The predicted octanol–water partition coefficient (Wildman–Crippen LogP) is 4.48. The van der Waals surface area contributed by atoms with Crippen LogP contribution in [0.4, 0.5) is 0 Å². The number of rotatable bonds is 3. The van der Waals surface area contributed by atoms with Gasteiger partial charge in [-0.2, -0.15) is 0 Å². The molecule has 0 aromatic rings. The number of oxime groups is 1. The highest BCUT2D eigenvalue weighted by atomic mass is 16.6. The first kappa shape index (κ1) is 19.2. The Labute approximate surface area is 164 Å². The Morgan fingerprint density at radius 3 is 2.74 bits per heavy atom. The van der Waals surface area contributed by atoms with E-state index in [1.54, 1.807) is 0 Å². The Balaban J connectivity index is 1.54. The molecule has 0 amide bonds. The van der Waals surface area contributed by atoms with E-state index in [9.17, 15) is 4.79 Å². The number of carbonyl (C=O) groups is 1. The van der Waals surface area contributed by atoms with Gasteiger partial charge < -0.3 is 10.6 Å². The van der Waals surface area contributed by atoms with Crippen molar-refractivity contribution in [3.05, 3.63) is 12.2 Å². The van der Waals surface area contributed by atoms with Crippen molar-refractivity contribution >= 4 is 11.5 Å². The van der Waals surface area contributed by atoms with Gasteiger partial charge in [0.2, 0.25) is 0 Å². The van der Waals surface area contributed by atoms with E-state index in [1.807, 2.05) is 6.92 Å². The van der Waals surface area contributed by atoms with Gasteiger partial charge in [0.25, 0.3) is 0 Å². The summed E-state index contributed by atoms with van der Waals surface area (Å²) < 4.78 is 0. The van der Waals surface area contributed by atoms with Crippen LogP contribution in [0.25, 0.3) is 0 Å². The number of ketones is 1. The van der Waals surface area contributed by atoms with Crippen molar-refractivity contribution < 1.29 is 9.63 Å². The SMILES string of the molecule is C=C1CC2C/C(=N\OCC(C)N)CC[C@]2(C)[C@H]2CC[C@]3(C)C(=O)CC[C@H]3[C@H]12. The van der Waals surface area contributed by atoms with Crippen molar-refractivity contribution in [3.8, 4) is 0 Å². The number of nitrogens with two attached hydrogens (primary N) is 1. The topological polar surface area (TPSA) is 64.7 Å². The number of Topliss-reactive ketones (excluding diaryl/α,β-unsaturated/α-hetero) is 1. The van der Waals surface area contributed by atoms with Gasteiger partial charge in [0.1, 0.15) is 12.4 Å². The lowest BCUT2D eigenvalue weighted by molar-refractivity contribution is -0.133. The molecule has 4 aliphatic carbocycles. The van der Waals surface area contributed by atoms with Crippen LogP contribution < -0.4 is 5.73 Å². The number of allylic oxidation sites excluding steroid dienone is 1. The Hall–Kier alpha value is -1.16. The fraction of sp³-hybridized carbons (Fsp3) is 0.826. The van der Waals surface area contributed by atoms with Crippen molar-refractivity contribution in [1.29, 1.82) is 0 Å². The summed E-state index contributed by atoms with van der Waals surface area (Å²) in [6, 6.07) is 0.0177. The van der Waals surface area contributed by atoms with E-state index in [2.05, 4.69) is 25.6 Å². The molecule has 0 aromatic heterocycles. The first-order chi connectivity index (χ1) is 12.8. The fourth-order valence-corrected chi connectivity index (χ4v) is 7.03. The maximum atomic E-state index is 12.6. The van der Waals surface area contributed by atoms with Crippen LogP contribution >= 0.6 is 0 Å². The van der Waals surface area contributed by atoms with Crippen molar-refractivity contribution in [2.75, 3.05) is 6.61 Å². The van der Waals surface area contributed by atoms with Crippen LogP contribution in [0.2, 0.25) is 0 Å². The lowest BCUT2D eigenvalue weighted by Gasteiger charge is -2.60. The van der Waals surface area contributed by atoms with Gasteiger partial charge in [-0.3, -0.25) is 4.79 Å². The van der Waals surface area contributed by atoms with Gasteiger partial charge in [0.05, 0.1) is 5.71 Å². The monoisotopic (exact) mass is 372 g/mol. The zero-order valence-electron chi connectivity index (χ0n) is 17.3. The second kappa shape index (κ2) is 6.72. The molecule has 2 N–H and O–H groups in total. The first-order valence-electron chi connectivity index (χ1n) is 10.9. The largest absolute Gasteiger partial charge is 0.394 e. The minimum absolute atomic E-state index is 0.0177. The molecule has 4 fully saturated rings. The molecule has 0 spiro atoms. The number of hydrogen-bond donors (Lipinski definition) is 1. The van der Waals surface area contributed by atoms with Gasteiger partial charge in [0, 0.05) is 17.9 Å². The summed E-state index contributed by atoms with van der Waals surface area (Å²) in [6.45, 7) is 11.7. The van der Waals surface area contributed by atoms with Crippen molar-refractivity contribution in [2.45, 2.75) is 78.2 Å². The summed E-state index contributed by atoms with van der Waals surface area (Å²) in [5.74, 6) is 2.87. The van der Waals surface area contributed by atoms with E-state index in [-0.39, 0.29) is 11.5 Å². The summed E-state index contributed by atoms with van der Waals surface area (Å²) in [4.78, 5) is 18.1. The standard InChI is InChI=1S/C23H36N2O2/c1-14-11-16-12-17(25-27-13-15(2)24)7-9-22(16,3)19-8-10-23(4)18(21(14)19)5-6-20(23)26/h15-16,18-19,21H,1,5-13,24H2,2-4H3/b25-17-/t15?,16?,18-,19-,21-,22-,23-/m0/s1. The quantitative estimate of drug-likeness (QED) is 0.586. The molecule has 4 rings (SSSR count). The van der Waals surface area contributed by atoms with Crippen LogP contribution in [0.15, 0.2) is 17.3 Å². The summed E-state index contributed by atoms with van der Waals surface area (Å²) in [5.41, 5.74) is 8.63. The lowest BCUT2D eigenvalue weighted by atomic mass is 9.44. The third-order valence-corrected chi connectivity index (χ3v) is 8.70. The van der Waals surface area contributed by atoms with Crippen molar-refractivity contribution in [3.63, 3.8) is 0 Å². The van der Waals surface area contributed by atoms with E-state index in [0.717, 1.165) is 38.5 Å². The van der Waals surface area contributed by atoms with Crippen LogP contribution in [0.5, 0.6) is 0 Å². The van der Waals surface area contributed by atoms with Gasteiger partial charge in [-0.25, -0.2) is 0 Å². The minimum Gasteiger partial charge on any atom is -0.394 e. The molecule has 27 heavy (non-hydrogen) atoms. The maximum Gasteiger partial charge on any atom is 0.139 e. The van der Waals surface area contributed by atoms with E-state index in [0.29, 0.717) is 41.5 Å². The van der Waals surface area contributed by atoms with Gasteiger partial charge in [-0.1, -0.05) is 31.2 Å². The third-order valence-electron chi connectivity index (χ3n) is 8.70. The second-order valence-electron chi connectivity index (χ2n) is 10.4. The van der Waals surface area contributed by atoms with Crippen LogP contribution in [0.3, 0.4) is 0 Å². The zero-order valence-corrected chi connectivity index (χ0v) is 17.3. The van der Waals surface area contributed by atoms with Crippen LogP contribution in [0, 0.1) is 34.5 Å². The smallest absolute Gasteiger partial charge is 0.139 e. The van der Waals surface area contributed by atoms with E-state index in [4.69, 9.17) is 10.6 Å². The van der Waals surface area contributed by atoms with Crippen LogP contribution in [0.1, 0.15) is 72.1 Å². The lowest BCUT2D eigenvalue weighted by Crippen LogP contribution is -2.54. The van der Waals surface area contributed by atoms with Crippen LogP contribution in [-0.4, -0.2) is 24.1 Å². The molecule has 0 bridgehead atoms. The molecule has 0 heterocycles. The minimum atomic E-state index is -0.0820. The Morgan fingerprint density at radius 2 is 2.00 bits per heavy atom. The van der Waals surface area contributed by atoms with Gasteiger partial charge in [0.15, 0.2) is 0 Å². The molecule has 4 heteroatoms. The van der Waals surface area contributed by atoms with Gasteiger partial charge >= 0.3 is 0 Å². The molecular formula is C23H36N2O2. The molecule has 4 nitrogen and oxygen atoms in total. The molecular weight excluding hydrogens is 336 g/mol. The predicted molar refractivity (Wildman–Crippen MR) is 108 cm³/mol. The average molecular weight is 373 g/mol. The number of fused-ring (bicyclic) bond motifs is 5. The number of nitrogens with zero attached hydrogens (tertiary/aromatic N) is 1. The average Bonchev–Trinajstić information content (AvgIpc) is 2.91. The molecule has 4 saturated carbocycles. The maximum absolute atomic E-state index is 12.6. The van der Waals surface area contributed by atoms with Crippen molar-refractivity contribution in [2.24, 2.45) is 45.4 Å². The third kappa shape index (κ3) is 2.99. The molecule has 2 unspecified atom stereocenters. The van der Waals surface area contributed by atoms with Gasteiger partial charge in [-0.05, 0) is 81.0 Å². The van der Waals surface area contributed by atoms with Crippen molar-refractivity contribution in [1.82, 2.24) is 0 Å². The van der Waals surface area contributed by atoms with Gasteiger partial charge in [-0.15, -0.1) is 0 Å². The molecule has 0 radical (unpaired) electrons. The molecule has 7 atom stereocenters. The number of carbonyl (C=O) groups excluding carboxylic acids is 1. The highest BCUT2D eigenvalue weighted by molar-refractivity contribution is 5.87. The highest BCUT2D eigenvalue weighted by Gasteiger charge is 2.61. The first-order valence-corrected chi connectivity index (χ1v) is 10.9. The fourth-order valence-electron chi connectivity index (χ4n) is 7.03. The summed E-state index contributed by atoms with van der Waals surface area (Å²) in [7, 11) is 0. The number of hydrogen-bond acceptors (Lipinski definition) is 4. The Kier molecular flexibility index (Phi) is 4.77. The Morgan fingerprint density at radius 1 is 1.22 bits per heavy atom. The van der Waals surface area contributed by atoms with E-state index >= 15 is 0 Å². The molecule has 150 valence electrons. The molecule has 0 saturated heterocycles. The zero-order chi connectivity index (χ0) is 19.4. The molecule has 0 aromatic carbocycles. The van der Waals surface area contributed by atoms with Crippen LogP contribution in [-0.2, 0) is 9.63 Å². The highest BCUT2D eigenvalue weighted by Crippen LogP contribution is 2.66. The second-order valence-corrected chi connectivity index (χ2v) is 10.4.